The number of rotatable bonds is 6. The number of carbonyl (C=O) groups excluding carboxylic acids is 1. The van der Waals surface area contributed by atoms with Gasteiger partial charge in [-0.25, -0.2) is 15.2 Å². The van der Waals surface area contributed by atoms with E-state index in [1.165, 1.54) is 6.07 Å². The Bertz CT molecular complexity index is 1030. The van der Waals surface area contributed by atoms with Crippen LogP contribution in [0.3, 0.4) is 0 Å². The van der Waals surface area contributed by atoms with Crippen molar-refractivity contribution >= 4 is 16.8 Å². The van der Waals surface area contributed by atoms with Crippen molar-refractivity contribution in [1.29, 1.82) is 0 Å². The number of aryl methyl sites for hydroxylation is 1. The van der Waals surface area contributed by atoms with Crippen LogP contribution in [0.15, 0.2) is 48.5 Å². The first-order valence-electron chi connectivity index (χ1n) is 9.80. The van der Waals surface area contributed by atoms with E-state index in [0.717, 1.165) is 28.9 Å². The molecule has 0 saturated carbocycles. The van der Waals surface area contributed by atoms with Crippen LogP contribution in [0.5, 0.6) is 5.75 Å². The van der Waals surface area contributed by atoms with Gasteiger partial charge in [-0.2, -0.15) is 0 Å². The molecule has 1 fully saturated rings. The first-order chi connectivity index (χ1) is 14.1. The van der Waals surface area contributed by atoms with Crippen molar-refractivity contribution in [3.63, 3.8) is 0 Å². The van der Waals surface area contributed by atoms with Crippen LogP contribution in [0.2, 0.25) is 0 Å². The Hall–Kier alpha value is -2.90. The van der Waals surface area contributed by atoms with E-state index in [0.29, 0.717) is 12.0 Å². The normalized spacial score (nSPS) is 18.9. The van der Waals surface area contributed by atoms with Crippen molar-refractivity contribution < 1.29 is 13.9 Å². The molecule has 0 bridgehead atoms. The molecule has 29 heavy (non-hydrogen) atoms. The maximum atomic E-state index is 13.8. The van der Waals surface area contributed by atoms with Gasteiger partial charge < -0.3 is 14.6 Å². The summed E-state index contributed by atoms with van der Waals surface area (Å²) in [6, 6.07) is 14.6. The number of ether oxygens (including phenoxy) is 1. The predicted octanol–water partition coefficient (Wildman–Crippen LogP) is 3.03. The van der Waals surface area contributed by atoms with Gasteiger partial charge in [0.1, 0.15) is 11.6 Å². The number of methoxy groups -OCH3 is 1. The van der Waals surface area contributed by atoms with Gasteiger partial charge in [0, 0.05) is 29.6 Å². The van der Waals surface area contributed by atoms with Crippen molar-refractivity contribution in [3.8, 4) is 5.75 Å². The fraction of sp³-hybridized carbons (Fsp3) is 0.318. The van der Waals surface area contributed by atoms with Gasteiger partial charge in [-0.1, -0.05) is 18.2 Å². The summed E-state index contributed by atoms with van der Waals surface area (Å²) >= 11 is 0. The number of hydrogen-bond donors (Lipinski definition) is 3. The molecule has 1 aliphatic rings. The molecule has 2 heterocycles. The Morgan fingerprint density at radius 2 is 2.07 bits per heavy atom. The van der Waals surface area contributed by atoms with E-state index in [-0.39, 0.29) is 30.4 Å². The summed E-state index contributed by atoms with van der Waals surface area (Å²) in [5.74, 6) is 0.254. The lowest BCUT2D eigenvalue weighted by atomic mass is 10.1. The zero-order valence-electron chi connectivity index (χ0n) is 16.5. The summed E-state index contributed by atoms with van der Waals surface area (Å²) in [5, 5.41) is 4.06. The highest BCUT2D eigenvalue weighted by atomic mass is 19.1. The minimum atomic E-state index is -0.360. The summed E-state index contributed by atoms with van der Waals surface area (Å²) in [5.41, 5.74) is 9.11. The monoisotopic (exact) mass is 396 g/mol. The average Bonchev–Trinajstić information content (AvgIpc) is 3.32. The van der Waals surface area contributed by atoms with Crippen LogP contribution < -0.4 is 20.9 Å². The average molecular weight is 396 g/mol. The van der Waals surface area contributed by atoms with Gasteiger partial charge in [-0.15, -0.1) is 0 Å². The Labute approximate surface area is 169 Å². The van der Waals surface area contributed by atoms with Crippen molar-refractivity contribution in [2.75, 3.05) is 7.11 Å². The second-order valence-corrected chi connectivity index (χ2v) is 7.20. The quantitative estimate of drug-likeness (QED) is 0.599. The molecule has 2 aromatic carbocycles. The molecular weight excluding hydrogens is 371 g/mol. The molecule has 6 nitrogen and oxygen atoms in total. The molecule has 4 rings (SSSR count). The van der Waals surface area contributed by atoms with Gasteiger partial charge in [-0.05, 0) is 42.8 Å². The van der Waals surface area contributed by atoms with E-state index in [2.05, 4.69) is 39.8 Å². The van der Waals surface area contributed by atoms with Crippen LogP contribution in [-0.4, -0.2) is 23.7 Å². The molecule has 0 spiro atoms. The van der Waals surface area contributed by atoms with Crippen LogP contribution in [0, 0.1) is 5.82 Å². The molecule has 1 saturated heterocycles. The number of nitrogens with zero attached hydrogens (tertiary/aromatic N) is 1. The first kappa shape index (κ1) is 19.4. The highest BCUT2D eigenvalue weighted by molar-refractivity contribution is 5.83. The molecule has 152 valence electrons. The predicted molar refractivity (Wildman–Crippen MR) is 110 cm³/mol. The number of carbonyl (C=O) groups is 1. The summed E-state index contributed by atoms with van der Waals surface area (Å²) in [6.07, 6.45) is 0.484. The number of nitrogens with one attached hydrogen (secondary N) is 3. The maximum Gasteiger partial charge on any atom is 0.225 e. The lowest BCUT2D eigenvalue weighted by molar-refractivity contribution is -0.121. The summed E-state index contributed by atoms with van der Waals surface area (Å²) < 4.78 is 21.4. The van der Waals surface area contributed by atoms with E-state index in [9.17, 15) is 9.18 Å². The summed E-state index contributed by atoms with van der Waals surface area (Å²) in [4.78, 5) is 12.3. The number of hydrazine groups is 1. The molecule has 3 N–H and O–H groups in total. The summed E-state index contributed by atoms with van der Waals surface area (Å²) in [6.45, 7) is 2.96. The topological polar surface area (TPSA) is 67.3 Å². The number of benzene rings is 2. The van der Waals surface area contributed by atoms with Gasteiger partial charge in [0.25, 0.3) is 0 Å². The van der Waals surface area contributed by atoms with Crippen LogP contribution in [0.25, 0.3) is 10.9 Å². The zero-order valence-corrected chi connectivity index (χ0v) is 16.5. The van der Waals surface area contributed by atoms with Crippen LogP contribution >= 0.6 is 0 Å². The van der Waals surface area contributed by atoms with Gasteiger partial charge in [0.05, 0.1) is 25.7 Å². The van der Waals surface area contributed by atoms with Crippen LogP contribution in [0.1, 0.15) is 30.6 Å². The van der Waals surface area contributed by atoms with Crippen LogP contribution in [0.4, 0.5) is 4.39 Å². The third-order valence-electron chi connectivity index (χ3n) is 5.36. The number of halogens is 1. The molecule has 2 atom stereocenters. The van der Waals surface area contributed by atoms with Gasteiger partial charge in [0.2, 0.25) is 5.91 Å². The van der Waals surface area contributed by atoms with Gasteiger partial charge >= 0.3 is 0 Å². The number of amides is 1. The molecule has 0 radical (unpaired) electrons. The zero-order chi connectivity index (χ0) is 20.4. The molecular formula is C22H25FN4O2. The molecule has 2 unspecified atom stereocenters. The van der Waals surface area contributed by atoms with Crippen molar-refractivity contribution in [1.82, 2.24) is 20.7 Å². The number of hydrogen-bond acceptors (Lipinski definition) is 4. The molecule has 1 amide bonds. The highest BCUT2D eigenvalue weighted by Crippen LogP contribution is 2.30. The van der Waals surface area contributed by atoms with Crippen LogP contribution in [-0.2, 0) is 17.8 Å². The third kappa shape index (κ3) is 3.97. The summed E-state index contributed by atoms with van der Waals surface area (Å²) in [7, 11) is 1.66. The fourth-order valence-electron chi connectivity index (χ4n) is 3.94. The van der Waals surface area contributed by atoms with E-state index in [4.69, 9.17) is 4.74 Å². The second kappa shape index (κ2) is 8.23. The maximum absolute atomic E-state index is 13.8. The molecule has 0 aliphatic carbocycles. The molecule has 1 aromatic heterocycles. The smallest absolute Gasteiger partial charge is 0.225 e. The van der Waals surface area contributed by atoms with E-state index >= 15 is 0 Å². The minimum Gasteiger partial charge on any atom is -0.497 e. The largest absolute Gasteiger partial charge is 0.497 e. The number of aromatic nitrogens is 1. The highest BCUT2D eigenvalue weighted by Gasteiger charge is 2.29. The molecule has 7 heteroatoms. The number of fused-ring (bicyclic) bond motifs is 1. The Balaban J connectivity index is 1.45. The second-order valence-electron chi connectivity index (χ2n) is 7.20. The van der Waals surface area contributed by atoms with Gasteiger partial charge in [0.15, 0.2) is 0 Å². The van der Waals surface area contributed by atoms with E-state index < -0.39 is 0 Å². The first-order valence-corrected chi connectivity index (χ1v) is 9.80. The molecule has 1 aliphatic heterocycles. The van der Waals surface area contributed by atoms with Gasteiger partial charge in [-0.3, -0.25) is 4.79 Å². The Kier molecular flexibility index (Phi) is 5.51. The lowest BCUT2D eigenvalue weighted by Gasteiger charge is -2.14. The van der Waals surface area contributed by atoms with Crippen molar-refractivity contribution in [2.45, 2.75) is 38.5 Å². The lowest BCUT2D eigenvalue weighted by Crippen LogP contribution is -2.44. The minimum absolute atomic E-state index is 0.0184. The molecule has 3 aromatic rings. The SMILES string of the molecule is CCn1c(C2CC(NC(=O)Cc3ccccc3F)NN2)cc2cc(OC)ccc21. The van der Waals surface area contributed by atoms with E-state index in [1.807, 2.05) is 12.1 Å². The fourth-order valence-corrected chi connectivity index (χ4v) is 3.94. The standard InChI is InChI=1S/C22H25FN4O2/c1-3-27-19-9-8-16(29-2)10-15(19)11-20(27)18-13-21(26-25-18)24-22(28)12-14-6-4-5-7-17(14)23/h4-11,18,21,25-26H,3,12-13H2,1-2H3,(H,24,28). The van der Waals surface area contributed by atoms with E-state index in [1.54, 1.807) is 25.3 Å². The Morgan fingerprint density at radius 1 is 1.24 bits per heavy atom. The Morgan fingerprint density at radius 3 is 2.83 bits per heavy atom. The van der Waals surface area contributed by atoms with Crippen molar-refractivity contribution in [2.24, 2.45) is 0 Å². The van der Waals surface area contributed by atoms with Crippen molar-refractivity contribution in [3.05, 3.63) is 65.6 Å². The third-order valence-corrected chi connectivity index (χ3v) is 5.36.